The van der Waals surface area contributed by atoms with Crippen LogP contribution in [0.3, 0.4) is 0 Å². The molecule has 0 saturated heterocycles. The van der Waals surface area contributed by atoms with Gasteiger partial charge in [0.1, 0.15) is 28.0 Å². The van der Waals surface area contributed by atoms with Gasteiger partial charge in [-0.3, -0.25) is 9.59 Å². The van der Waals surface area contributed by atoms with E-state index in [9.17, 15) is 27.3 Å². The highest BCUT2D eigenvalue weighted by Gasteiger charge is 2.71. The summed E-state index contributed by atoms with van der Waals surface area (Å²) in [5.74, 6) is -0.190. The van der Waals surface area contributed by atoms with E-state index < -0.39 is 47.9 Å². The molecule has 3 rings (SSSR count). The zero-order chi connectivity index (χ0) is 26.2. The van der Waals surface area contributed by atoms with Crippen molar-refractivity contribution < 1.29 is 41.5 Å². The van der Waals surface area contributed by atoms with E-state index in [4.69, 9.17) is 14.2 Å². The molecule has 0 N–H and O–H groups in total. The van der Waals surface area contributed by atoms with Gasteiger partial charge in [0.25, 0.3) is 0 Å². The van der Waals surface area contributed by atoms with E-state index in [2.05, 4.69) is 0 Å². The molecule has 10 heteroatoms. The molecule has 0 spiro atoms. The number of rotatable bonds is 8. The van der Waals surface area contributed by atoms with Crippen molar-refractivity contribution >= 4 is 18.2 Å². The number of carbonyl (C=O) groups is 2. The molecule has 1 fully saturated rings. The van der Waals surface area contributed by atoms with E-state index in [1.54, 1.807) is 32.0 Å². The number of benzene rings is 2. The van der Waals surface area contributed by atoms with E-state index >= 15 is 0 Å². The number of hydrogen-bond acceptors (Lipinski definition) is 6. The highest BCUT2D eigenvalue weighted by Crippen LogP contribution is 2.73. The standard InChI is InChI=1S/C25H28F3O6P/c1-15-9-8-10-16(2)20(15)22(29)35(31,24(25(26,27)28)11-6-7-12-24)23(30)21-18(33-4)13-17(32-3)14-19(21)34-5/h8-10,13-14H,6-7,11-12H2,1-5H3. The molecule has 0 heterocycles. The van der Waals surface area contributed by atoms with Crippen molar-refractivity contribution in [3.05, 3.63) is 52.6 Å². The van der Waals surface area contributed by atoms with Gasteiger partial charge in [-0.05, 0) is 37.8 Å². The monoisotopic (exact) mass is 512 g/mol. The first-order valence-corrected chi connectivity index (χ1v) is 12.7. The molecule has 1 unspecified atom stereocenters. The van der Waals surface area contributed by atoms with Crippen LogP contribution < -0.4 is 14.2 Å². The minimum Gasteiger partial charge on any atom is -0.496 e. The number of carbonyl (C=O) groups excluding carboxylic acids is 2. The molecular weight excluding hydrogens is 484 g/mol. The second-order valence-corrected chi connectivity index (χ2v) is 11.5. The largest absolute Gasteiger partial charge is 0.496 e. The van der Waals surface area contributed by atoms with Crippen molar-refractivity contribution in [2.24, 2.45) is 0 Å². The first kappa shape index (κ1) is 26.8. The lowest BCUT2D eigenvalue weighted by molar-refractivity contribution is -0.160. The molecule has 2 aromatic rings. The number of alkyl halides is 3. The Morgan fingerprint density at radius 3 is 1.71 bits per heavy atom. The maximum atomic E-state index is 14.8. The van der Waals surface area contributed by atoms with Crippen molar-refractivity contribution in [1.29, 1.82) is 0 Å². The Morgan fingerprint density at radius 1 is 0.857 bits per heavy atom. The van der Waals surface area contributed by atoms with Gasteiger partial charge < -0.3 is 18.8 Å². The number of methoxy groups -OCH3 is 3. The first-order chi connectivity index (χ1) is 16.4. The molecule has 0 aromatic heterocycles. The van der Waals surface area contributed by atoms with Crippen LogP contribution in [0.15, 0.2) is 30.3 Å². The summed E-state index contributed by atoms with van der Waals surface area (Å²) >= 11 is 0. The second kappa shape index (κ2) is 9.69. The molecule has 0 aliphatic heterocycles. The maximum absolute atomic E-state index is 14.8. The van der Waals surface area contributed by atoms with Gasteiger partial charge in [0.05, 0.1) is 21.3 Å². The molecular formula is C25H28F3O6P. The van der Waals surface area contributed by atoms with Crippen LogP contribution in [-0.2, 0) is 4.57 Å². The molecule has 35 heavy (non-hydrogen) atoms. The summed E-state index contributed by atoms with van der Waals surface area (Å²) in [7, 11) is -1.64. The van der Waals surface area contributed by atoms with Crippen LogP contribution in [0, 0.1) is 13.8 Å². The van der Waals surface area contributed by atoms with Crippen molar-refractivity contribution in [3.8, 4) is 17.2 Å². The number of hydrogen-bond donors (Lipinski definition) is 0. The number of ether oxygens (including phenoxy) is 3. The highest BCUT2D eigenvalue weighted by atomic mass is 31.2. The Hall–Kier alpha value is -2.80. The third-order valence-electron chi connectivity index (χ3n) is 6.76. The van der Waals surface area contributed by atoms with Crippen LogP contribution in [0.2, 0.25) is 0 Å². The van der Waals surface area contributed by atoms with Gasteiger partial charge >= 0.3 is 6.18 Å². The SMILES string of the molecule is COc1cc(OC)c(C(=O)P(=O)(C(=O)c2c(C)cccc2C)C2(C(F)(F)F)CCCC2)c(OC)c1. The highest BCUT2D eigenvalue weighted by molar-refractivity contribution is 7.96. The maximum Gasteiger partial charge on any atom is 0.402 e. The number of halogens is 3. The number of aryl methyl sites for hydroxylation is 2. The van der Waals surface area contributed by atoms with Gasteiger partial charge in [-0.25, -0.2) is 0 Å². The summed E-state index contributed by atoms with van der Waals surface area (Å²) in [5, 5.41) is -2.99. The summed E-state index contributed by atoms with van der Waals surface area (Å²) < 4.78 is 74.9. The molecule has 0 amide bonds. The van der Waals surface area contributed by atoms with E-state index in [1.165, 1.54) is 33.5 Å². The minimum absolute atomic E-state index is 0.0910. The predicted molar refractivity (Wildman–Crippen MR) is 126 cm³/mol. The molecule has 0 bridgehead atoms. The topological polar surface area (TPSA) is 78.9 Å². The van der Waals surface area contributed by atoms with Gasteiger partial charge in [0.15, 0.2) is 0 Å². The lowest BCUT2D eigenvalue weighted by atomic mass is 10.0. The van der Waals surface area contributed by atoms with Crippen LogP contribution in [0.1, 0.15) is 57.5 Å². The van der Waals surface area contributed by atoms with Crippen molar-refractivity contribution in [1.82, 2.24) is 0 Å². The third kappa shape index (κ3) is 4.14. The summed E-state index contributed by atoms with van der Waals surface area (Å²) in [6.07, 6.45) is -6.05. The fourth-order valence-corrected chi connectivity index (χ4v) is 8.37. The van der Waals surface area contributed by atoms with Crippen LogP contribution in [0.5, 0.6) is 17.2 Å². The van der Waals surface area contributed by atoms with Crippen LogP contribution >= 0.6 is 7.14 Å². The molecule has 1 saturated carbocycles. The summed E-state index contributed by atoms with van der Waals surface area (Å²) in [5.41, 5.74) is -2.66. The second-order valence-electron chi connectivity index (χ2n) is 8.63. The van der Waals surface area contributed by atoms with Gasteiger partial charge in [-0.15, -0.1) is 0 Å². The third-order valence-corrected chi connectivity index (χ3v) is 10.3. The summed E-state index contributed by atoms with van der Waals surface area (Å²) in [4.78, 5) is 28.1. The summed E-state index contributed by atoms with van der Waals surface area (Å²) in [6.45, 7) is 3.08. The van der Waals surface area contributed by atoms with Gasteiger partial charge in [-0.1, -0.05) is 31.0 Å². The van der Waals surface area contributed by atoms with E-state index in [-0.39, 0.29) is 35.7 Å². The average molecular weight is 512 g/mol. The minimum atomic E-state index is -5.41. The Morgan fingerprint density at radius 2 is 1.31 bits per heavy atom. The van der Waals surface area contributed by atoms with Crippen LogP contribution in [0.25, 0.3) is 0 Å². The fraction of sp³-hybridized carbons (Fsp3) is 0.440. The summed E-state index contributed by atoms with van der Waals surface area (Å²) in [6, 6.07) is 7.27. The Balaban J connectivity index is 2.42. The molecule has 1 atom stereocenters. The zero-order valence-electron chi connectivity index (χ0n) is 20.2. The van der Waals surface area contributed by atoms with Crippen molar-refractivity contribution in [2.45, 2.75) is 50.9 Å². The zero-order valence-corrected chi connectivity index (χ0v) is 21.1. The Bertz CT molecular complexity index is 1150. The van der Waals surface area contributed by atoms with Crippen molar-refractivity contribution in [3.63, 3.8) is 0 Å². The molecule has 2 aromatic carbocycles. The Labute approximate surface area is 202 Å². The van der Waals surface area contributed by atoms with E-state index in [0.717, 1.165) is 0 Å². The smallest absolute Gasteiger partial charge is 0.402 e. The van der Waals surface area contributed by atoms with Crippen LogP contribution in [-0.4, -0.2) is 43.7 Å². The molecule has 1 aliphatic rings. The van der Waals surface area contributed by atoms with E-state index in [1.807, 2.05) is 0 Å². The van der Waals surface area contributed by atoms with Gasteiger partial charge in [0.2, 0.25) is 18.2 Å². The molecule has 1 aliphatic carbocycles. The van der Waals surface area contributed by atoms with Crippen molar-refractivity contribution in [2.75, 3.05) is 21.3 Å². The van der Waals surface area contributed by atoms with Gasteiger partial charge in [-0.2, -0.15) is 13.2 Å². The first-order valence-electron chi connectivity index (χ1n) is 11.0. The average Bonchev–Trinajstić information content (AvgIpc) is 3.34. The van der Waals surface area contributed by atoms with Crippen LogP contribution in [0.4, 0.5) is 13.2 Å². The predicted octanol–water partition coefficient (Wildman–Crippen LogP) is 6.55. The lowest BCUT2D eigenvalue weighted by Gasteiger charge is -2.37. The Kier molecular flexibility index (Phi) is 7.42. The molecule has 0 radical (unpaired) electrons. The normalized spacial score (nSPS) is 16.9. The fourth-order valence-electron chi connectivity index (χ4n) is 4.90. The molecule has 6 nitrogen and oxygen atoms in total. The van der Waals surface area contributed by atoms with Gasteiger partial charge in [0, 0.05) is 17.7 Å². The molecule has 190 valence electrons. The van der Waals surface area contributed by atoms with E-state index in [0.29, 0.717) is 11.1 Å². The lowest BCUT2D eigenvalue weighted by Crippen LogP contribution is -2.46. The quantitative estimate of drug-likeness (QED) is 0.374.